The third-order valence-electron chi connectivity index (χ3n) is 7.75. The molecule has 0 aliphatic carbocycles. The van der Waals surface area contributed by atoms with Gasteiger partial charge in [0.25, 0.3) is 0 Å². The fourth-order valence-corrected chi connectivity index (χ4v) is 5.75. The Morgan fingerprint density at radius 2 is 1.65 bits per heavy atom. The molecule has 0 spiro atoms. The number of anilines is 1. The highest BCUT2D eigenvalue weighted by molar-refractivity contribution is 5.88. The number of nitrogens with one attached hydrogen (secondary N) is 1. The number of hydrogen-bond acceptors (Lipinski definition) is 5. The molecule has 2 aromatic carbocycles. The second-order valence-corrected chi connectivity index (χ2v) is 11.6. The maximum absolute atomic E-state index is 13.9. The van der Waals surface area contributed by atoms with Crippen molar-refractivity contribution in [2.24, 2.45) is 17.4 Å². The summed E-state index contributed by atoms with van der Waals surface area (Å²) in [4.78, 5) is 30.7. The van der Waals surface area contributed by atoms with Crippen molar-refractivity contribution in [3.8, 4) is 0 Å². The first-order valence-electron chi connectivity index (χ1n) is 15.3. The predicted octanol–water partition coefficient (Wildman–Crippen LogP) is 4.36. The van der Waals surface area contributed by atoms with E-state index >= 15 is 0 Å². The highest BCUT2D eigenvalue weighted by atomic mass is 16.2. The molecule has 2 aromatic rings. The molecule has 7 nitrogen and oxygen atoms in total. The molecule has 2 atom stereocenters. The summed E-state index contributed by atoms with van der Waals surface area (Å²) in [7, 11) is 0. The molecular formula is C33H51N5O2. The SMILES string of the molecule is CCCc1ccc(CC(NC(=O)CCN)C(=O)N2CCN(c3ccccc3C(N)CC(C)C)CC2)c(CCC)c1. The zero-order chi connectivity index (χ0) is 29.1. The normalized spacial score (nSPS) is 15.3. The Balaban J connectivity index is 1.76. The number of rotatable bonds is 14. The molecule has 1 saturated heterocycles. The van der Waals surface area contributed by atoms with Crippen LogP contribution in [0.4, 0.5) is 5.69 Å². The van der Waals surface area contributed by atoms with Gasteiger partial charge in [0.05, 0.1) is 0 Å². The smallest absolute Gasteiger partial charge is 0.245 e. The van der Waals surface area contributed by atoms with Gasteiger partial charge < -0.3 is 26.6 Å². The van der Waals surface area contributed by atoms with Gasteiger partial charge >= 0.3 is 0 Å². The molecule has 0 bridgehead atoms. The van der Waals surface area contributed by atoms with Crippen molar-refractivity contribution in [1.82, 2.24) is 10.2 Å². The Kier molecular flexibility index (Phi) is 12.5. The Morgan fingerprint density at radius 3 is 2.30 bits per heavy atom. The lowest BCUT2D eigenvalue weighted by Crippen LogP contribution is -2.56. The summed E-state index contributed by atoms with van der Waals surface area (Å²) in [6.45, 7) is 11.7. The lowest BCUT2D eigenvalue weighted by molar-refractivity contribution is -0.136. The number of amides is 2. The molecule has 5 N–H and O–H groups in total. The van der Waals surface area contributed by atoms with Crippen LogP contribution in [0.5, 0.6) is 0 Å². The number of carbonyl (C=O) groups is 2. The van der Waals surface area contributed by atoms with Crippen LogP contribution in [0.2, 0.25) is 0 Å². The van der Waals surface area contributed by atoms with Crippen LogP contribution in [0, 0.1) is 5.92 Å². The molecular weight excluding hydrogens is 498 g/mol. The first-order chi connectivity index (χ1) is 19.3. The van der Waals surface area contributed by atoms with Crippen LogP contribution < -0.4 is 21.7 Å². The molecule has 40 heavy (non-hydrogen) atoms. The molecule has 2 amide bonds. The summed E-state index contributed by atoms with van der Waals surface area (Å²) in [5.41, 5.74) is 18.3. The standard InChI is InChI=1S/C33H51N5O2/c1-5-9-25-13-14-27(26(22-25)10-6-2)23-30(36-32(39)15-16-34)33(40)38-19-17-37(18-20-38)31-12-8-7-11-28(31)29(35)21-24(3)4/h7-8,11-14,22,24,29-30H,5-6,9-10,15-21,23,34-35H2,1-4H3,(H,36,39). The highest BCUT2D eigenvalue weighted by Gasteiger charge is 2.30. The number of benzene rings is 2. The fraction of sp³-hybridized carbons (Fsp3) is 0.576. The van der Waals surface area contributed by atoms with Gasteiger partial charge in [-0.05, 0) is 53.5 Å². The van der Waals surface area contributed by atoms with Gasteiger partial charge in [-0.1, -0.05) is 76.9 Å². The van der Waals surface area contributed by atoms with Gasteiger partial charge in [0.2, 0.25) is 11.8 Å². The molecule has 0 saturated carbocycles. The summed E-state index contributed by atoms with van der Waals surface area (Å²) in [6, 6.07) is 14.4. The number of piperazine rings is 1. The number of nitrogens with two attached hydrogens (primary N) is 2. The second-order valence-electron chi connectivity index (χ2n) is 11.6. The minimum Gasteiger partial charge on any atom is -0.368 e. The van der Waals surface area contributed by atoms with E-state index in [1.165, 1.54) is 11.1 Å². The van der Waals surface area contributed by atoms with Crippen molar-refractivity contribution in [2.75, 3.05) is 37.6 Å². The van der Waals surface area contributed by atoms with Gasteiger partial charge in [-0.15, -0.1) is 0 Å². The van der Waals surface area contributed by atoms with Crippen LogP contribution in [0.25, 0.3) is 0 Å². The maximum atomic E-state index is 13.9. The molecule has 1 aliphatic heterocycles. The first-order valence-corrected chi connectivity index (χ1v) is 15.3. The monoisotopic (exact) mass is 549 g/mol. The zero-order valence-corrected chi connectivity index (χ0v) is 25.1. The number of para-hydroxylation sites is 1. The Morgan fingerprint density at radius 1 is 0.950 bits per heavy atom. The summed E-state index contributed by atoms with van der Waals surface area (Å²) < 4.78 is 0. The van der Waals surface area contributed by atoms with Gasteiger partial charge in [-0.25, -0.2) is 0 Å². The van der Waals surface area contributed by atoms with Gasteiger partial charge in [0.15, 0.2) is 0 Å². The largest absolute Gasteiger partial charge is 0.368 e. The number of carbonyl (C=O) groups excluding carboxylic acids is 2. The molecule has 7 heteroatoms. The van der Waals surface area contributed by atoms with Crippen LogP contribution in [0.3, 0.4) is 0 Å². The van der Waals surface area contributed by atoms with E-state index < -0.39 is 6.04 Å². The third kappa shape index (κ3) is 8.80. The van der Waals surface area contributed by atoms with Crippen LogP contribution in [-0.4, -0.2) is 55.5 Å². The molecule has 2 unspecified atom stereocenters. The van der Waals surface area contributed by atoms with E-state index in [9.17, 15) is 9.59 Å². The van der Waals surface area contributed by atoms with Crippen LogP contribution in [-0.2, 0) is 28.9 Å². The van der Waals surface area contributed by atoms with Crippen molar-refractivity contribution >= 4 is 17.5 Å². The summed E-state index contributed by atoms with van der Waals surface area (Å²) in [5, 5.41) is 3.02. The number of aryl methyl sites for hydroxylation is 2. The van der Waals surface area contributed by atoms with Gasteiger partial charge in [-0.2, -0.15) is 0 Å². The van der Waals surface area contributed by atoms with E-state index in [1.807, 2.05) is 4.90 Å². The summed E-state index contributed by atoms with van der Waals surface area (Å²) >= 11 is 0. The van der Waals surface area contributed by atoms with Crippen LogP contribution in [0.15, 0.2) is 42.5 Å². The molecule has 0 aromatic heterocycles. The van der Waals surface area contributed by atoms with Crippen molar-refractivity contribution in [3.63, 3.8) is 0 Å². The molecule has 1 fully saturated rings. The molecule has 0 radical (unpaired) electrons. The van der Waals surface area contributed by atoms with E-state index in [4.69, 9.17) is 11.5 Å². The van der Waals surface area contributed by atoms with Crippen molar-refractivity contribution in [1.29, 1.82) is 0 Å². The quantitative estimate of drug-likeness (QED) is 0.325. The number of hydrogen-bond donors (Lipinski definition) is 3. The van der Waals surface area contributed by atoms with Crippen molar-refractivity contribution in [2.45, 2.75) is 84.7 Å². The van der Waals surface area contributed by atoms with Crippen molar-refractivity contribution in [3.05, 3.63) is 64.7 Å². The fourth-order valence-electron chi connectivity index (χ4n) is 5.75. The van der Waals surface area contributed by atoms with Gasteiger partial charge in [-0.3, -0.25) is 9.59 Å². The van der Waals surface area contributed by atoms with Crippen LogP contribution >= 0.6 is 0 Å². The molecule has 220 valence electrons. The zero-order valence-electron chi connectivity index (χ0n) is 25.1. The Hall–Kier alpha value is -2.90. The minimum atomic E-state index is -0.606. The lowest BCUT2D eigenvalue weighted by Gasteiger charge is -2.39. The minimum absolute atomic E-state index is 0.0148. The summed E-state index contributed by atoms with van der Waals surface area (Å²) in [6.07, 6.45) is 5.77. The molecule has 1 aliphatic rings. The molecule has 3 rings (SSSR count). The topological polar surface area (TPSA) is 105 Å². The van der Waals surface area contributed by atoms with E-state index in [1.54, 1.807) is 0 Å². The van der Waals surface area contributed by atoms with E-state index in [-0.39, 0.29) is 30.8 Å². The average Bonchev–Trinajstić information content (AvgIpc) is 2.94. The first kappa shape index (κ1) is 31.6. The van der Waals surface area contributed by atoms with Gasteiger partial charge in [0, 0.05) is 57.3 Å². The lowest BCUT2D eigenvalue weighted by atomic mass is 9.93. The average molecular weight is 550 g/mol. The van der Waals surface area contributed by atoms with Gasteiger partial charge in [0.1, 0.15) is 6.04 Å². The number of nitrogens with zero attached hydrogens (tertiary/aromatic N) is 2. The van der Waals surface area contributed by atoms with Crippen molar-refractivity contribution < 1.29 is 9.59 Å². The summed E-state index contributed by atoms with van der Waals surface area (Å²) in [5.74, 6) is 0.326. The third-order valence-corrected chi connectivity index (χ3v) is 7.75. The molecule has 1 heterocycles. The van der Waals surface area contributed by atoms with E-state index in [0.717, 1.165) is 62.0 Å². The maximum Gasteiger partial charge on any atom is 0.245 e. The second kappa shape index (κ2) is 15.8. The van der Waals surface area contributed by atoms with Crippen LogP contribution in [0.1, 0.15) is 81.7 Å². The highest BCUT2D eigenvalue weighted by Crippen LogP contribution is 2.29. The predicted molar refractivity (Wildman–Crippen MR) is 165 cm³/mol. The Labute approximate surface area is 241 Å². The Bertz CT molecular complexity index is 1090. The van der Waals surface area contributed by atoms with E-state index in [0.29, 0.717) is 25.4 Å². The van der Waals surface area contributed by atoms with E-state index in [2.05, 4.69) is 80.4 Å².